The summed E-state index contributed by atoms with van der Waals surface area (Å²) in [5, 5.41) is 8.88. The molecule has 0 amide bonds. The Labute approximate surface area is 117 Å². The van der Waals surface area contributed by atoms with Crippen molar-refractivity contribution >= 4 is 0 Å². The fourth-order valence-electron chi connectivity index (χ4n) is 1.95. The van der Waals surface area contributed by atoms with E-state index in [1.54, 1.807) is 24.4 Å². The summed E-state index contributed by atoms with van der Waals surface area (Å²) in [6.45, 7) is 1.32. The van der Waals surface area contributed by atoms with Gasteiger partial charge < -0.3 is 4.74 Å². The fourth-order valence-corrected chi connectivity index (χ4v) is 1.95. The summed E-state index contributed by atoms with van der Waals surface area (Å²) in [5.74, 6) is 0.550. The lowest BCUT2D eigenvalue weighted by molar-refractivity contribution is 0.196. The predicted molar refractivity (Wildman–Crippen MR) is 73.9 cm³/mol. The van der Waals surface area contributed by atoms with E-state index >= 15 is 0 Å². The molecule has 2 aromatic rings. The minimum atomic E-state index is -0.680. The van der Waals surface area contributed by atoms with Crippen LogP contribution in [0.25, 0.3) is 0 Å². The molecule has 2 rings (SSSR count). The smallest absolute Gasteiger partial charge is 0.140 e. The van der Waals surface area contributed by atoms with Crippen LogP contribution in [0.4, 0.5) is 4.39 Å². The lowest BCUT2D eigenvalue weighted by Crippen LogP contribution is -2.08. The van der Waals surface area contributed by atoms with E-state index in [1.165, 1.54) is 0 Å². The summed E-state index contributed by atoms with van der Waals surface area (Å²) in [6, 6.07) is 12.4. The van der Waals surface area contributed by atoms with E-state index in [1.807, 2.05) is 31.2 Å². The van der Waals surface area contributed by atoms with Crippen LogP contribution in [0, 0.1) is 11.3 Å². The molecule has 0 spiro atoms. The predicted octanol–water partition coefficient (Wildman–Crippen LogP) is 3.95. The van der Waals surface area contributed by atoms with Gasteiger partial charge in [-0.25, -0.2) is 4.39 Å². The molecule has 0 saturated carbocycles. The molecule has 0 aliphatic rings. The van der Waals surface area contributed by atoms with Crippen molar-refractivity contribution < 1.29 is 9.13 Å². The van der Waals surface area contributed by atoms with Gasteiger partial charge in [0.25, 0.3) is 0 Å². The second kappa shape index (κ2) is 6.67. The van der Waals surface area contributed by atoms with Gasteiger partial charge in [0.05, 0.1) is 17.3 Å². The number of rotatable bonds is 5. The average Bonchev–Trinajstić information content (AvgIpc) is 2.53. The van der Waals surface area contributed by atoms with Crippen LogP contribution >= 0.6 is 0 Å². The summed E-state index contributed by atoms with van der Waals surface area (Å²) in [4.78, 5) is 4.27. The molecule has 0 aliphatic heterocycles. The van der Waals surface area contributed by atoms with Crippen molar-refractivity contribution in [2.45, 2.75) is 26.1 Å². The van der Waals surface area contributed by atoms with Crippen LogP contribution in [0.3, 0.4) is 0 Å². The monoisotopic (exact) mass is 270 g/mol. The van der Waals surface area contributed by atoms with E-state index in [4.69, 9.17) is 10.00 Å². The zero-order chi connectivity index (χ0) is 14.4. The quantitative estimate of drug-likeness (QED) is 0.826. The molecule has 0 N–H and O–H groups in total. The Morgan fingerprint density at radius 2 is 2.20 bits per heavy atom. The number of nitrogens with zero attached hydrogens (tertiary/aromatic N) is 2. The first kappa shape index (κ1) is 14.0. The van der Waals surface area contributed by atoms with Gasteiger partial charge in [-0.3, -0.25) is 4.98 Å². The van der Waals surface area contributed by atoms with Crippen molar-refractivity contribution in [2.24, 2.45) is 0 Å². The Morgan fingerprint density at radius 1 is 1.35 bits per heavy atom. The molecule has 1 unspecified atom stereocenters. The molecule has 1 heterocycles. The number of alkyl halides is 1. The molecule has 0 radical (unpaired) electrons. The van der Waals surface area contributed by atoms with Gasteiger partial charge in [-0.2, -0.15) is 5.26 Å². The standard InChI is InChI=1S/C16H15FN2O/c1-2-16(15-5-3-4-8-19-15)20-14-7-6-12(11-18)13(9-14)10-17/h3-9,16H,2,10H2,1H3. The van der Waals surface area contributed by atoms with E-state index < -0.39 is 6.67 Å². The normalized spacial score (nSPS) is 11.7. The summed E-state index contributed by atoms with van der Waals surface area (Å²) >= 11 is 0. The van der Waals surface area contributed by atoms with E-state index in [9.17, 15) is 4.39 Å². The average molecular weight is 270 g/mol. The largest absolute Gasteiger partial charge is 0.484 e. The first-order chi connectivity index (χ1) is 9.78. The van der Waals surface area contributed by atoms with Crippen LogP contribution in [0.5, 0.6) is 5.75 Å². The third-order valence-electron chi connectivity index (χ3n) is 3.01. The zero-order valence-corrected chi connectivity index (χ0v) is 11.2. The van der Waals surface area contributed by atoms with Gasteiger partial charge in [0.2, 0.25) is 0 Å². The number of pyridine rings is 1. The molecular weight excluding hydrogens is 255 g/mol. The van der Waals surface area contributed by atoms with Gasteiger partial charge in [0, 0.05) is 11.8 Å². The van der Waals surface area contributed by atoms with E-state index in [2.05, 4.69) is 4.98 Å². The van der Waals surface area contributed by atoms with Crippen LogP contribution in [0.2, 0.25) is 0 Å². The van der Waals surface area contributed by atoms with Crippen LogP contribution in [-0.4, -0.2) is 4.98 Å². The maximum Gasteiger partial charge on any atom is 0.140 e. The van der Waals surface area contributed by atoms with Crippen LogP contribution in [0.1, 0.15) is 36.3 Å². The molecule has 0 saturated heterocycles. The first-order valence-electron chi connectivity index (χ1n) is 6.45. The van der Waals surface area contributed by atoms with Crippen molar-refractivity contribution in [3.05, 3.63) is 59.4 Å². The lowest BCUT2D eigenvalue weighted by atomic mass is 10.1. The summed E-state index contributed by atoms with van der Waals surface area (Å²) in [7, 11) is 0. The highest BCUT2D eigenvalue weighted by Gasteiger charge is 2.13. The van der Waals surface area contributed by atoms with Gasteiger partial charge in [-0.1, -0.05) is 13.0 Å². The number of hydrogen-bond acceptors (Lipinski definition) is 3. The van der Waals surface area contributed by atoms with Gasteiger partial charge >= 0.3 is 0 Å². The van der Waals surface area contributed by atoms with Crippen LogP contribution in [0.15, 0.2) is 42.6 Å². The second-order valence-electron chi connectivity index (χ2n) is 4.33. The van der Waals surface area contributed by atoms with Gasteiger partial charge in [0.15, 0.2) is 0 Å². The Hall–Kier alpha value is -2.41. The lowest BCUT2D eigenvalue weighted by Gasteiger charge is -2.17. The number of nitriles is 1. The van der Waals surface area contributed by atoms with Crippen LogP contribution in [-0.2, 0) is 6.67 Å². The Balaban J connectivity index is 2.22. The van der Waals surface area contributed by atoms with Crippen molar-refractivity contribution in [1.82, 2.24) is 4.98 Å². The number of halogens is 1. The molecule has 0 bridgehead atoms. The molecule has 3 nitrogen and oxygen atoms in total. The topological polar surface area (TPSA) is 45.9 Å². The van der Waals surface area contributed by atoms with Crippen LogP contribution < -0.4 is 4.74 Å². The third-order valence-corrected chi connectivity index (χ3v) is 3.01. The van der Waals surface area contributed by atoms with Gasteiger partial charge in [-0.05, 0) is 36.8 Å². The highest BCUT2D eigenvalue weighted by molar-refractivity contribution is 5.42. The van der Waals surface area contributed by atoms with E-state index in [0.29, 0.717) is 16.9 Å². The first-order valence-corrected chi connectivity index (χ1v) is 6.45. The van der Waals surface area contributed by atoms with Crippen molar-refractivity contribution in [2.75, 3.05) is 0 Å². The molecule has 20 heavy (non-hydrogen) atoms. The minimum Gasteiger partial charge on any atom is -0.484 e. The molecular formula is C16H15FN2O. The molecule has 1 aromatic heterocycles. The van der Waals surface area contributed by atoms with E-state index in [0.717, 1.165) is 12.1 Å². The summed E-state index contributed by atoms with van der Waals surface area (Å²) < 4.78 is 18.7. The van der Waals surface area contributed by atoms with Gasteiger partial charge in [-0.15, -0.1) is 0 Å². The van der Waals surface area contributed by atoms with Gasteiger partial charge in [0.1, 0.15) is 18.5 Å². The Morgan fingerprint density at radius 3 is 2.80 bits per heavy atom. The highest BCUT2D eigenvalue weighted by Crippen LogP contribution is 2.25. The zero-order valence-electron chi connectivity index (χ0n) is 11.2. The maximum atomic E-state index is 12.9. The molecule has 0 aliphatic carbocycles. The van der Waals surface area contributed by atoms with Crippen molar-refractivity contribution in [3.63, 3.8) is 0 Å². The number of hydrogen-bond donors (Lipinski definition) is 0. The number of ether oxygens (including phenoxy) is 1. The fraction of sp³-hybridized carbons (Fsp3) is 0.250. The SMILES string of the molecule is CCC(Oc1ccc(C#N)c(CF)c1)c1ccccn1. The van der Waals surface area contributed by atoms with Crippen molar-refractivity contribution in [3.8, 4) is 11.8 Å². The highest BCUT2D eigenvalue weighted by atomic mass is 19.1. The molecule has 4 heteroatoms. The van der Waals surface area contributed by atoms with E-state index in [-0.39, 0.29) is 6.10 Å². The maximum absolute atomic E-state index is 12.9. The third kappa shape index (κ3) is 3.12. The summed E-state index contributed by atoms with van der Waals surface area (Å²) in [5.41, 5.74) is 1.52. The second-order valence-corrected chi connectivity index (χ2v) is 4.33. The Bertz CT molecular complexity index is 608. The molecule has 102 valence electrons. The minimum absolute atomic E-state index is 0.184. The summed E-state index contributed by atoms with van der Waals surface area (Å²) in [6.07, 6.45) is 2.28. The number of benzene rings is 1. The molecule has 0 fully saturated rings. The Kier molecular flexibility index (Phi) is 4.67. The number of aromatic nitrogens is 1. The van der Waals surface area contributed by atoms with Crippen molar-refractivity contribution in [1.29, 1.82) is 5.26 Å². The molecule has 1 aromatic carbocycles. The molecule has 1 atom stereocenters.